The van der Waals surface area contributed by atoms with Gasteiger partial charge in [-0.2, -0.15) is 0 Å². The summed E-state index contributed by atoms with van der Waals surface area (Å²) < 4.78 is 4.86. The summed E-state index contributed by atoms with van der Waals surface area (Å²) in [6, 6.07) is 0. The Balaban J connectivity index is 3.22. The molecular weight excluding hydrogens is 316 g/mol. The largest absolute Gasteiger partial charge is 0.463 e. The molecule has 0 saturated carbocycles. The first kappa shape index (κ1) is 24.1. The molecule has 0 saturated heterocycles. The minimum Gasteiger partial charge on any atom is -0.463 e. The summed E-state index contributed by atoms with van der Waals surface area (Å²) in [6.07, 6.45) is 20.1. The molecule has 0 spiro atoms. The zero-order valence-electron chi connectivity index (χ0n) is 16.3. The van der Waals surface area contributed by atoms with Crippen LogP contribution < -0.4 is 0 Å². The van der Waals surface area contributed by atoms with E-state index in [1.54, 1.807) is 0 Å². The van der Waals surface area contributed by atoms with Crippen molar-refractivity contribution in [2.24, 2.45) is 0 Å². The highest BCUT2D eigenvalue weighted by Gasteiger charge is 2.07. The van der Waals surface area contributed by atoms with Crippen LogP contribution in [0.2, 0.25) is 0 Å². The van der Waals surface area contributed by atoms with Crippen LogP contribution >= 0.6 is 0 Å². The number of rotatable bonds is 18. The molecule has 0 bridgehead atoms. The van der Waals surface area contributed by atoms with Gasteiger partial charge in [0.15, 0.2) is 0 Å². The fourth-order valence-electron chi connectivity index (χ4n) is 2.65. The van der Waals surface area contributed by atoms with Gasteiger partial charge in [0, 0.05) is 6.42 Å². The van der Waals surface area contributed by atoms with Crippen molar-refractivity contribution in [3.8, 4) is 0 Å². The van der Waals surface area contributed by atoms with E-state index in [0.717, 1.165) is 19.3 Å². The van der Waals surface area contributed by atoms with Crippen LogP contribution in [0, 0.1) is 0 Å². The molecule has 0 heterocycles. The number of unbranched alkanes of at least 4 members (excludes halogenated alkanes) is 11. The van der Waals surface area contributed by atoms with Gasteiger partial charge in [0.1, 0.15) is 12.7 Å². The third-order valence-corrected chi connectivity index (χ3v) is 4.29. The van der Waals surface area contributed by atoms with Crippen molar-refractivity contribution in [1.29, 1.82) is 0 Å². The van der Waals surface area contributed by atoms with Crippen LogP contribution in [0.1, 0.15) is 96.8 Å². The van der Waals surface area contributed by atoms with Crippen molar-refractivity contribution in [2.75, 3.05) is 13.2 Å². The van der Waals surface area contributed by atoms with E-state index >= 15 is 0 Å². The standard InChI is InChI=1S/C21H40O4/c1-2-3-4-5-6-7-8-9-10-11-12-13-14-15-16-17-21(24)25-19-20(23)18-22/h8-9,20,22-23H,2-7,10-19H2,1H3/b9-8+. The molecule has 25 heavy (non-hydrogen) atoms. The molecule has 0 rings (SSSR count). The van der Waals surface area contributed by atoms with Crippen molar-refractivity contribution in [3.05, 3.63) is 12.2 Å². The number of hydrogen-bond acceptors (Lipinski definition) is 4. The lowest BCUT2D eigenvalue weighted by molar-refractivity contribution is -0.147. The smallest absolute Gasteiger partial charge is 0.305 e. The van der Waals surface area contributed by atoms with Gasteiger partial charge in [0.05, 0.1) is 6.61 Å². The summed E-state index contributed by atoms with van der Waals surface area (Å²) >= 11 is 0. The van der Waals surface area contributed by atoms with Crippen LogP contribution in [0.4, 0.5) is 0 Å². The lowest BCUT2D eigenvalue weighted by atomic mass is 10.1. The lowest BCUT2D eigenvalue weighted by Crippen LogP contribution is -2.21. The summed E-state index contributed by atoms with van der Waals surface area (Å²) in [5.74, 6) is -0.285. The molecule has 4 nitrogen and oxygen atoms in total. The molecule has 0 amide bonds. The molecule has 4 heteroatoms. The molecular formula is C21H40O4. The van der Waals surface area contributed by atoms with Crippen molar-refractivity contribution < 1.29 is 19.7 Å². The molecule has 1 unspecified atom stereocenters. The van der Waals surface area contributed by atoms with Gasteiger partial charge < -0.3 is 14.9 Å². The van der Waals surface area contributed by atoms with E-state index in [1.807, 2.05) is 0 Å². The van der Waals surface area contributed by atoms with E-state index in [2.05, 4.69) is 19.1 Å². The van der Waals surface area contributed by atoms with Crippen LogP contribution in [0.25, 0.3) is 0 Å². The van der Waals surface area contributed by atoms with Gasteiger partial charge in [-0.3, -0.25) is 4.79 Å². The average Bonchev–Trinajstić information content (AvgIpc) is 2.62. The van der Waals surface area contributed by atoms with Crippen LogP contribution in [0.5, 0.6) is 0 Å². The van der Waals surface area contributed by atoms with Gasteiger partial charge in [-0.25, -0.2) is 0 Å². The van der Waals surface area contributed by atoms with E-state index in [-0.39, 0.29) is 19.2 Å². The number of ether oxygens (including phenoxy) is 1. The quantitative estimate of drug-likeness (QED) is 0.208. The SMILES string of the molecule is CCCCCCC/C=C/CCCCCCCCC(=O)OCC(O)CO. The second kappa shape index (κ2) is 19.5. The first-order chi connectivity index (χ1) is 12.2. The maximum atomic E-state index is 11.4. The van der Waals surface area contributed by atoms with Crippen LogP contribution in [-0.4, -0.2) is 35.5 Å². The van der Waals surface area contributed by atoms with Gasteiger partial charge in [0.25, 0.3) is 0 Å². The van der Waals surface area contributed by atoms with Crippen molar-refractivity contribution in [3.63, 3.8) is 0 Å². The van der Waals surface area contributed by atoms with E-state index < -0.39 is 6.10 Å². The molecule has 0 fully saturated rings. The van der Waals surface area contributed by atoms with E-state index in [1.165, 1.54) is 64.2 Å². The maximum Gasteiger partial charge on any atom is 0.305 e. The summed E-state index contributed by atoms with van der Waals surface area (Å²) in [6.45, 7) is 1.77. The monoisotopic (exact) mass is 356 g/mol. The Morgan fingerprint density at radius 3 is 1.96 bits per heavy atom. The third-order valence-electron chi connectivity index (χ3n) is 4.29. The molecule has 0 radical (unpaired) electrons. The predicted octanol–water partition coefficient (Wildman–Crippen LogP) is 4.92. The topological polar surface area (TPSA) is 66.8 Å². The van der Waals surface area contributed by atoms with Gasteiger partial charge >= 0.3 is 5.97 Å². The number of aliphatic hydroxyl groups excluding tert-OH is 2. The fraction of sp³-hybridized carbons (Fsp3) is 0.857. The molecule has 0 aromatic rings. The normalized spacial score (nSPS) is 12.6. The Morgan fingerprint density at radius 2 is 1.40 bits per heavy atom. The number of hydrogen-bond donors (Lipinski definition) is 2. The Bertz CT molecular complexity index is 315. The summed E-state index contributed by atoms with van der Waals surface area (Å²) in [5.41, 5.74) is 0. The van der Waals surface area contributed by atoms with Crippen LogP contribution in [-0.2, 0) is 9.53 Å². The first-order valence-electron chi connectivity index (χ1n) is 10.3. The maximum absolute atomic E-state index is 11.4. The summed E-state index contributed by atoms with van der Waals surface area (Å²) in [5, 5.41) is 17.7. The highest BCUT2D eigenvalue weighted by molar-refractivity contribution is 5.69. The summed E-state index contributed by atoms with van der Waals surface area (Å²) in [4.78, 5) is 11.4. The summed E-state index contributed by atoms with van der Waals surface area (Å²) in [7, 11) is 0. The van der Waals surface area contributed by atoms with Crippen molar-refractivity contribution >= 4 is 5.97 Å². The molecule has 0 aliphatic rings. The second-order valence-corrected chi connectivity index (χ2v) is 6.85. The second-order valence-electron chi connectivity index (χ2n) is 6.85. The third kappa shape index (κ3) is 19.3. The zero-order chi connectivity index (χ0) is 18.6. The van der Waals surface area contributed by atoms with E-state index in [4.69, 9.17) is 14.9 Å². The van der Waals surface area contributed by atoms with Crippen LogP contribution in [0.15, 0.2) is 12.2 Å². The fourth-order valence-corrected chi connectivity index (χ4v) is 2.65. The van der Waals surface area contributed by atoms with Crippen molar-refractivity contribution in [2.45, 2.75) is 103 Å². The molecule has 0 aromatic carbocycles. The van der Waals surface area contributed by atoms with E-state index in [9.17, 15) is 4.79 Å². The molecule has 0 aliphatic carbocycles. The minimum atomic E-state index is -0.959. The predicted molar refractivity (Wildman–Crippen MR) is 104 cm³/mol. The number of carbonyl (C=O) groups excluding carboxylic acids is 1. The molecule has 0 aromatic heterocycles. The minimum absolute atomic E-state index is 0.110. The average molecular weight is 357 g/mol. The number of esters is 1. The molecule has 0 aliphatic heterocycles. The number of carbonyl (C=O) groups is 1. The molecule has 148 valence electrons. The van der Waals surface area contributed by atoms with Crippen molar-refractivity contribution in [1.82, 2.24) is 0 Å². The Labute approximate surface area is 154 Å². The Hall–Kier alpha value is -0.870. The first-order valence-corrected chi connectivity index (χ1v) is 10.3. The Kier molecular flexibility index (Phi) is 18.8. The van der Waals surface area contributed by atoms with Gasteiger partial charge in [-0.1, -0.05) is 70.4 Å². The van der Waals surface area contributed by atoms with Gasteiger partial charge in [-0.05, 0) is 32.1 Å². The highest BCUT2D eigenvalue weighted by Crippen LogP contribution is 2.10. The number of aliphatic hydroxyl groups is 2. The molecule has 1 atom stereocenters. The zero-order valence-corrected chi connectivity index (χ0v) is 16.3. The Morgan fingerprint density at radius 1 is 0.880 bits per heavy atom. The van der Waals surface area contributed by atoms with Crippen LogP contribution in [0.3, 0.4) is 0 Å². The van der Waals surface area contributed by atoms with Gasteiger partial charge in [0.2, 0.25) is 0 Å². The lowest BCUT2D eigenvalue weighted by Gasteiger charge is -2.08. The van der Waals surface area contributed by atoms with Gasteiger partial charge in [-0.15, -0.1) is 0 Å². The highest BCUT2D eigenvalue weighted by atomic mass is 16.5. The number of allylic oxidation sites excluding steroid dienone is 2. The molecule has 2 N–H and O–H groups in total. The van der Waals surface area contributed by atoms with E-state index in [0.29, 0.717) is 6.42 Å².